The van der Waals surface area contributed by atoms with Gasteiger partial charge < -0.3 is 10.2 Å². The normalized spacial score (nSPS) is 15.0. The van der Waals surface area contributed by atoms with Crippen LogP contribution in [-0.4, -0.2) is 29.8 Å². The number of likely N-dealkylation sites (tertiary alicyclic amines) is 1. The fourth-order valence-corrected chi connectivity index (χ4v) is 3.50. The monoisotopic (exact) mass is 420 g/mol. The number of piperidine rings is 1. The van der Waals surface area contributed by atoms with E-state index in [1.165, 1.54) is 0 Å². The second kappa shape index (κ2) is 8.02. The maximum absolute atomic E-state index is 12.7. The van der Waals surface area contributed by atoms with Crippen LogP contribution in [0.3, 0.4) is 0 Å². The summed E-state index contributed by atoms with van der Waals surface area (Å²) in [6.45, 7) is 1.10. The molecule has 1 N–H and O–H groups in total. The molecule has 0 unspecified atom stereocenters. The van der Waals surface area contributed by atoms with Crippen molar-refractivity contribution in [2.45, 2.75) is 12.8 Å². The number of hydrogen-bond acceptors (Lipinski definition) is 2. The van der Waals surface area contributed by atoms with Gasteiger partial charge in [0, 0.05) is 29.2 Å². The Morgan fingerprint density at radius 1 is 1.08 bits per heavy atom. The Kier molecular flexibility index (Phi) is 5.76. The summed E-state index contributed by atoms with van der Waals surface area (Å²) < 4.78 is 0.817. The number of carbonyl (C=O) groups excluding carboxylic acids is 2. The van der Waals surface area contributed by atoms with Crippen molar-refractivity contribution in [3.63, 3.8) is 0 Å². The first-order chi connectivity index (χ1) is 12.0. The molecule has 0 aromatic heterocycles. The molecule has 25 heavy (non-hydrogen) atoms. The van der Waals surface area contributed by atoms with Crippen molar-refractivity contribution in [3.05, 3.63) is 63.6 Å². The number of anilines is 1. The van der Waals surface area contributed by atoms with Crippen LogP contribution >= 0.6 is 27.5 Å². The summed E-state index contributed by atoms with van der Waals surface area (Å²) in [6, 6.07) is 14.7. The van der Waals surface area contributed by atoms with E-state index in [-0.39, 0.29) is 17.7 Å². The number of rotatable bonds is 3. The van der Waals surface area contributed by atoms with Crippen molar-refractivity contribution in [1.29, 1.82) is 0 Å². The molecule has 1 aliphatic rings. The lowest BCUT2D eigenvalue weighted by Crippen LogP contribution is -2.41. The van der Waals surface area contributed by atoms with Gasteiger partial charge in [-0.2, -0.15) is 0 Å². The van der Waals surface area contributed by atoms with Gasteiger partial charge in [0.2, 0.25) is 5.91 Å². The Balaban J connectivity index is 1.59. The number of benzene rings is 2. The molecule has 130 valence electrons. The average molecular weight is 422 g/mol. The van der Waals surface area contributed by atoms with Gasteiger partial charge in [-0.1, -0.05) is 45.7 Å². The van der Waals surface area contributed by atoms with Crippen LogP contribution in [0.15, 0.2) is 53.0 Å². The molecule has 0 saturated carbocycles. The standard InChI is InChI=1S/C19H18BrClN2O2/c20-14-6-7-17(21)16(12-14)19(25)23-10-8-13(9-11-23)18(24)22-15-4-2-1-3-5-15/h1-7,12-13H,8-11H2,(H,22,24). The van der Waals surface area contributed by atoms with Gasteiger partial charge in [-0.25, -0.2) is 0 Å². The van der Waals surface area contributed by atoms with Crippen molar-refractivity contribution in [1.82, 2.24) is 4.90 Å². The first-order valence-corrected chi connectivity index (χ1v) is 9.32. The topological polar surface area (TPSA) is 49.4 Å². The highest BCUT2D eigenvalue weighted by molar-refractivity contribution is 9.10. The molecule has 0 spiro atoms. The van der Waals surface area contributed by atoms with Crippen LogP contribution in [-0.2, 0) is 4.79 Å². The molecule has 2 aromatic carbocycles. The third kappa shape index (κ3) is 4.41. The number of nitrogens with one attached hydrogen (secondary N) is 1. The number of halogens is 2. The average Bonchev–Trinajstić information content (AvgIpc) is 2.64. The van der Waals surface area contributed by atoms with E-state index < -0.39 is 0 Å². The molecular weight excluding hydrogens is 404 g/mol. The van der Waals surface area contributed by atoms with Crippen LogP contribution in [0, 0.1) is 5.92 Å². The molecule has 1 saturated heterocycles. The Morgan fingerprint density at radius 2 is 1.76 bits per heavy atom. The minimum absolute atomic E-state index is 0.0128. The van der Waals surface area contributed by atoms with E-state index in [4.69, 9.17) is 11.6 Å². The summed E-state index contributed by atoms with van der Waals surface area (Å²) in [5.41, 5.74) is 1.29. The highest BCUT2D eigenvalue weighted by Gasteiger charge is 2.28. The molecule has 2 aromatic rings. The first-order valence-electron chi connectivity index (χ1n) is 8.15. The number of para-hydroxylation sites is 1. The lowest BCUT2D eigenvalue weighted by molar-refractivity contribution is -0.121. The smallest absolute Gasteiger partial charge is 0.255 e. The van der Waals surface area contributed by atoms with E-state index in [1.54, 1.807) is 23.1 Å². The zero-order chi connectivity index (χ0) is 17.8. The minimum atomic E-state index is -0.0896. The maximum Gasteiger partial charge on any atom is 0.255 e. The first kappa shape index (κ1) is 18.0. The van der Waals surface area contributed by atoms with Gasteiger partial charge >= 0.3 is 0 Å². The fraction of sp³-hybridized carbons (Fsp3) is 0.263. The van der Waals surface area contributed by atoms with Crippen LogP contribution in [0.5, 0.6) is 0 Å². The minimum Gasteiger partial charge on any atom is -0.339 e. The summed E-state index contributed by atoms with van der Waals surface area (Å²) in [5.74, 6) is -0.158. The van der Waals surface area contributed by atoms with Gasteiger partial charge in [-0.05, 0) is 43.2 Å². The third-order valence-electron chi connectivity index (χ3n) is 4.35. The summed E-state index contributed by atoms with van der Waals surface area (Å²) in [4.78, 5) is 26.8. The second-order valence-corrected chi connectivity index (χ2v) is 7.37. The van der Waals surface area contributed by atoms with Crippen molar-refractivity contribution in [2.24, 2.45) is 5.92 Å². The molecule has 4 nitrogen and oxygen atoms in total. The predicted molar refractivity (Wildman–Crippen MR) is 103 cm³/mol. The summed E-state index contributed by atoms with van der Waals surface area (Å²) in [6.07, 6.45) is 1.30. The van der Waals surface area contributed by atoms with Gasteiger partial charge in [0.15, 0.2) is 0 Å². The van der Waals surface area contributed by atoms with Crippen molar-refractivity contribution < 1.29 is 9.59 Å². The highest BCUT2D eigenvalue weighted by atomic mass is 79.9. The van der Waals surface area contributed by atoms with E-state index in [2.05, 4.69) is 21.2 Å². The van der Waals surface area contributed by atoms with Crippen LogP contribution in [0.4, 0.5) is 5.69 Å². The zero-order valence-corrected chi connectivity index (χ0v) is 15.9. The highest BCUT2D eigenvalue weighted by Crippen LogP contribution is 2.25. The third-order valence-corrected chi connectivity index (χ3v) is 5.18. The van der Waals surface area contributed by atoms with Gasteiger partial charge in [0.05, 0.1) is 10.6 Å². The largest absolute Gasteiger partial charge is 0.339 e. The number of hydrogen-bond donors (Lipinski definition) is 1. The predicted octanol–water partition coefficient (Wildman–Crippen LogP) is 4.59. The van der Waals surface area contributed by atoms with E-state index in [0.717, 1.165) is 10.2 Å². The lowest BCUT2D eigenvalue weighted by atomic mass is 9.95. The van der Waals surface area contributed by atoms with Crippen molar-refractivity contribution >= 4 is 45.0 Å². The Labute approximate surface area is 160 Å². The molecule has 6 heteroatoms. The van der Waals surface area contributed by atoms with Crippen LogP contribution in [0.1, 0.15) is 23.2 Å². The molecule has 3 rings (SSSR count). The molecular formula is C19H18BrClN2O2. The quantitative estimate of drug-likeness (QED) is 0.788. The zero-order valence-electron chi connectivity index (χ0n) is 13.5. The lowest BCUT2D eigenvalue weighted by Gasteiger charge is -2.31. The number of amides is 2. The summed E-state index contributed by atoms with van der Waals surface area (Å²) in [7, 11) is 0. The van der Waals surface area contributed by atoms with Crippen molar-refractivity contribution in [2.75, 3.05) is 18.4 Å². The van der Waals surface area contributed by atoms with Gasteiger partial charge in [0.1, 0.15) is 0 Å². The van der Waals surface area contributed by atoms with Crippen LogP contribution in [0.2, 0.25) is 5.02 Å². The van der Waals surface area contributed by atoms with E-state index in [9.17, 15) is 9.59 Å². The van der Waals surface area contributed by atoms with Crippen LogP contribution < -0.4 is 5.32 Å². The number of nitrogens with zero attached hydrogens (tertiary/aromatic N) is 1. The number of carbonyl (C=O) groups is 2. The summed E-state index contributed by atoms with van der Waals surface area (Å²) in [5, 5.41) is 3.38. The fourth-order valence-electron chi connectivity index (χ4n) is 2.94. The molecule has 0 bridgehead atoms. The second-order valence-electron chi connectivity index (χ2n) is 6.05. The molecule has 2 amide bonds. The molecule has 1 aliphatic heterocycles. The van der Waals surface area contributed by atoms with E-state index >= 15 is 0 Å². The SMILES string of the molecule is O=C(Nc1ccccc1)C1CCN(C(=O)c2cc(Br)ccc2Cl)CC1. The van der Waals surface area contributed by atoms with Gasteiger partial charge in [-0.15, -0.1) is 0 Å². The Bertz CT molecular complexity index is 774. The Hall–Kier alpha value is -1.85. The molecule has 0 radical (unpaired) electrons. The van der Waals surface area contributed by atoms with Crippen LogP contribution in [0.25, 0.3) is 0 Å². The van der Waals surface area contributed by atoms with Gasteiger partial charge in [0.25, 0.3) is 5.91 Å². The Morgan fingerprint density at radius 3 is 2.44 bits per heavy atom. The van der Waals surface area contributed by atoms with Gasteiger partial charge in [-0.3, -0.25) is 9.59 Å². The van der Waals surface area contributed by atoms with Crippen molar-refractivity contribution in [3.8, 4) is 0 Å². The van der Waals surface area contributed by atoms with E-state index in [1.807, 2.05) is 30.3 Å². The maximum atomic E-state index is 12.7. The molecule has 0 aliphatic carbocycles. The summed E-state index contributed by atoms with van der Waals surface area (Å²) >= 11 is 9.51. The molecule has 1 heterocycles. The van der Waals surface area contributed by atoms with E-state index in [0.29, 0.717) is 36.5 Å². The molecule has 1 fully saturated rings. The molecule has 0 atom stereocenters.